The largest absolute Gasteiger partial charge is 0.478 e. The molecule has 2 aromatic carbocycles. The number of rotatable bonds is 4. The van der Waals surface area contributed by atoms with Crippen LogP contribution in [0.25, 0.3) is 11.1 Å². The van der Waals surface area contributed by atoms with Crippen molar-refractivity contribution in [2.24, 2.45) is 0 Å². The first kappa shape index (κ1) is 14.3. The molecule has 0 fully saturated rings. The second-order valence-electron chi connectivity index (χ2n) is 4.58. The maximum atomic E-state index is 11.1. The van der Waals surface area contributed by atoms with E-state index in [2.05, 4.69) is 0 Å². The number of hydrogen-bond donors (Lipinski definition) is 2. The summed E-state index contributed by atoms with van der Waals surface area (Å²) in [6.45, 7) is 1.96. The van der Waals surface area contributed by atoms with Crippen molar-refractivity contribution in [1.82, 2.24) is 0 Å². The lowest BCUT2D eigenvalue weighted by Crippen LogP contribution is -1.99. The van der Waals surface area contributed by atoms with Gasteiger partial charge < -0.3 is 5.11 Å². The fourth-order valence-corrected chi connectivity index (χ4v) is 2.45. The van der Waals surface area contributed by atoms with E-state index in [0.717, 1.165) is 11.1 Å². The monoisotopic (exact) mass is 290 g/mol. The number of carbonyl (C=O) groups is 1. The molecule has 0 radical (unpaired) electrons. The van der Waals surface area contributed by atoms with E-state index in [0.29, 0.717) is 11.1 Å². The molecule has 0 heterocycles. The normalized spacial score (nSPS) is 10.7. The summed E-state index contributed by atoms with van der Waals surface area (Å²) in [6, 6.07) is 12.3. The van der Waals surface area contributed by atoms with Crippen molar-refractivity contribution in [3.63, 3.8) is 0 Å². The smallest absolute Gasteiger partial charge is 0.335 e. The van der Waals surface area contributed by atoms with E-state index < -0.39 is 16.7 Å². The fourth-order valence-electron chi connectivity index (χ4n) is 1.97. The highest BCUT2D eigenvalue weighted by Gasteiger charge is 2.09. The minimum absolute atomic E-state index is 0.0925. The van der Waals surface area contributed by atoms with Crippen LogP contribution in [0.15, 0.2) is 42.5 Å². The molecular weight excluding hydrogens is 276 g/mol. The van der Waals surface area contributed by atoms with Gasteiger partial charge >= 0.3 is 5.97 Å². The third-order valence-electron chi connectivity index (χ3n) is 2.94. The standard InChI is InChI=1S/C15H14O4S/c1-10-2-4-12(5-3-10)13-6-11(9-20(18)19)7-14(8-13)15(16)17/h2-8,20H,9H2,1H3,(H,16,17). The lowest BCUT2D eigenvalue weighted by Gasteiger charge is -2.07. The lowest BCUT2D eigenvalue weighted by atomic mass is 9.99. The molecular formula is C15H14O4S. The van der Waals surface area contributed by atoms with Gasteiger partial charge in [-0.2, -0.15) is 0 Å². The lowest BCUT2D eigenvalue weighted by molar-refractivity contribution is 0.0697. The van der Waals surface area contributed by atoms with Gasteiger partial charge in [-0.1, -0.05) is 35.9 Å². The molecule has 4 nitrogen and oxygen atoms in total. The summed E-state index contributed by atoms with van der Waals surface area (Å²) in [4.78, 5) is 11.1. The van der Waals surface area contributed by atoms with Crippen LogP contribution in [0, 0.1) is 6.92 Å². The Morgan fingerprint density at radius 3 is 2.25 bits per heavy atom. The van der Waals surface area contributed by atoms with Crippen molar-refractivity contribution < 1.29 is 18.3 Å². The van der Waals surface area contributed by atoms with Crippen LogP contribution in [0.4, 0.5) is 0 Å². The Bertz CT molecular complexity index is 707. The second kappa shape index (κ2) is 5.88. The summed E-state index contributed by atoms with van der Waals surface area (Å²) in [5.74, 6) is -1.23. The van der Waals surface area contributed by atoms with Crippen molar-refractivity contribution in [3.05, 3.63) is 59.2 Å². The first-order chi connectivity index (χ1) is 9.45. The maximum Gasteiger partial charge on any atom is 0.335 e. The molecule has 1 N–H and O–H groups in total. The highest BCUT2D eigenvalue weighted by molar-refractivity contribution is 7.71. The number of benzene rings is 2. The zero-order chi connectivity index (χ0) is 14.7. The van der Waals surface area contributed by atoms with Gasteiger partial charge in [0, 0.05) is 0 Å². The molecule has 0 aliphatic carbocycles. The number of aromatic carboxylic acids is 1. The average Bonchev–Trinajstić information content (AvgIpc) is 2.38. The van der Waals surface area contributed by atoms with Gasteiger partial charge in [0.2, 0.25) is 0 Å². The van der Waals surface area contributed by atoms with Gasteiger partial charge in [-0.15, -0.1) is 0 Å². The molecule has 5 heteroatoms. The van der Waals surface area contributed by atoms with Gasteiger partial charge in [-0.25, -0.2) is 13.2 Å². The molecule has 20 heavy (non-hydrogen) atoms. The summed E-state index contributed by atoms with van der Waals surface area (Å²) in [5.41, 5.74) is 3.25. The predicted molar refractivity (Wildman–Crippen MR) is 77.6 cm³/mol. The van der Waals surface area contributed by atoms with Crippen molar-refractivity contribution in [2.45, 2.75) is 12.7 Å². The molecule has 0 aliphatic rings. The van der Waals surface area contributed by atoms with E-state index in [1.807, 2.05) is 31.2 Å². The number of aryl methyl sites for hydroxylation is 1. The van der Waals surface area contributed by atoms with E-state index in [1.165, 1.54) is 6.07 Å². The molecule has 0 aliphatic heterocycles. The highest BCUT2D eigenvalue weighted by atomic mass is 32.2. The predicted octanol–water partition coefficient (Wildman–Crippen LogP) is 2.47. The Hall–Kier alpha value is -2.14. The molecule has 0 amide bonds. The molecule has 2 rings (SSSR count). The maximum absolute atomic E-state index is 11.1. The third kappa shape index (κ3) is 3.45. The summed E-state index contributed by atoms with van der Waals surface area (Å²) in [7, 11) is -2.59. The van der Waals surface area contributed by atoms with Crippen LogP contribution < -0.4 is 0 Å². The summed E-state index contributed by atoms with van der Waals surface area (Å²) >= 11 is 0. The Morgan fingerprint density at radius 1 is 1.05 bits per heavy atom. The molecule has 0 bridgehead atoms. The van der Waals surface area contributed by atoms with Gasteiger partial charge in [-0.05, 0) is 35.7 Å². The molecule has 2 aromatic rings. The van der Waals surface area contributed by atoms with Crippen LogP contribution in [0.1, 0.15) is 21.5 Å². The van der Waals surface area contributed by atoms with Crippen LogP contribution in [-0.2, 0) is 16.5 Å². The van der Waals surface area contributed by atoms with Crippen LogP contribution in [-0.4, -0.2) is 19.5 Å². The van der Waals surface area contributed by atoms with Crippen molar-refractivity contribution >= 4 is 16.7 Å². The Morgan fingerprint density at radius 2 is 1.70 bits per heavy atom. The van der Waals surface area contributed by atoms with E-state index >= 15 is 0 Å². The van der Waals surface area contributed by atoms with Gasteiger partial charge in [0.1, 0.15) is 10.7 Å². The fraction of sp³-hybridized carbons (Fsp3) is 0.133. The van der Waals surface area contributed by atoms with Gasteiger partial charge in [0.05, 0.1) is 11.3 Å². The van der Waals surface area contributed by atoms with E-state index in [1.54, 1.807) is 12.1 Å². The van der Waals surface area contributed by atoms with Crippen LogP contribution in [0.2, 0.25) is 0 Å². The minimum atomic E-state index is -2.59. The Labute approximate surface area is 118 Å². The Kier molecular flexibility index (Phi) is 4.20. The SMILES string of the molecule is Cc1ccc(-c2cc(C[SH](=O)=O)cc(C(=O)O)c2)cc1. The molecule has 0 atom stereocenters. The molecule has 104 valence electrons. The Balaban J connectivity index is 2.53. The number of carboxylic acid groups (broad SMARTS) is 1. The van der Waals surface area contributed by atoms with Crippen LogP contribution >= 0.6 is 0 Å². The highest BCUT2D eigenvalue weighted by Crippen LogP contribution is 2.23. The minimum Gasteiger partial charge on any atom is -0.478 e. The second-order valence-corrected chi connectivity index (χ2v) is 5.56. The molecule has 0 saturated carbocycles. The molecule has 0 unspecified atom stereocenters. The molecule has 0 spiro atoms. The van der Waals surface area contributed by atoms with E-state index in [9.17, 15) is 13.2 Å². The van der Waals surface area contributed by atoms with E-state index in [-0.39, 0.29) is 11.3 Å². The first-order valence-electron chi connectivity index (χ1n) is 6.02. The average molecular weight is 290 g/mol. The quantitative estimate of drug-likeness (QED) is 0.849. The van der Waals surface area contributed by atoms with Gasteiger partial charge in [0.25, 0.3) is 0 Å². The van der Waals surface area contributed by atoms with Crippen LogP contribution in [0.5, 0.6) is 0 Å². The third-order valence-corrected chi connectivity index (χ3v) is 3.56. The zero-order valence-electron chi connectivity index (χ0n) is 10.9. The zero-order valence-corrected chi connectivity index (χ0v) is 11.8. The molecule has 0 saturated heterocycles. The van der Waals surface area contributed by atoms with Crippen molar-refractivity contribution in [1.29, 1.82) is 0 Å². The number of thiol groups is 1. The first-order valence-corrected chi connectivity index (χ1v) is 7.38. The van der Waals surface area contributed by atoms with E-state index in [4.69, 9.17) is 5.11 Å². The topological polar surface area (TPSA) is 71.4 Å². The van der Waals surface area contributed by atoms with Crippen molar-refractivity contribution in [3.8, 4) is 11.1 Å². The summed E-state index contributed by atoms with van der Waals surface area (Å²) < 4.78 is 21.7. The van der Waals surface area contributed by atoms with Gasteiger partial charge in [-0.3, -0.25) is 0 Å². The van der Waals surface area contributed by atoms with Crippen molar-refractivity contribution in [2.75, 3.05) is 0 Å². The molecule has 0 aromatic heterocycles. The summed E-state index contributed by atoms with van der Waals surface area (Å²) in [5, 5.41) is 9.11. The summed E-state index contributed by atoms with van der Waals surface area (Å²) in [6.07, 6.45) is 0. The number of hydrogen-bond acceptors (Lipinski definition) is 3. The van der Waals surface area contributed by atoms with Gasteiger partial charge in [0.15, 0.2) is 0 Å². The number of carboxylic acids is 1. The van der Waals surface area contributed by atoms with Crippen LogP contribution in [0.3, 0.4) is 0 Å².